The van der Waals surface area contributed by atoms with E-state index >= 15 is 0 Å². The van der Waals surface area contributed by atoms with Crippen LogP contribution in [-0.2, 0) is 6.61 Å². The minimum Gasteiger partial charge on any atom is -0.480 e. The van der Waals surface area contributed by atoms with Crippen molar-refractivity contribution in [2.75, 3.05) is 0 Å². The molecule has 20 heavy (non-hydrogen) atoms. The molecule has 2 aromatic rings. The molecule has 1 aromatic heterocycles. The maximum Gasteiger partial charge on any atom is 0.339 e. The number of aromatic nitrogens is 2. The molecule has 0 aliphatic rings. The van der Waals surface area contributed by atoms with E-state index in [4.69, 9.17) is 9.84 Å². The minimum atomic E-state index is -1.13. The summed E-state index contributed by atoms with van der Waals surface area (Å²) >= 11 is 0. The molecule has 1 aromatic carbocycles. The molecule has 2 rings (SSSR count). The van der Waals surface area contributed by atoms with Crippen LogP contribution in [0.1, 0.15) is 21.7 Å². The predicted molar refractivity (Wildman–Crippen MR) is 67.7 cm³/mol. The number of carboxylic acid groups (broad SMARTS) is 1. The number of carbonyl (C=O) groups is 1. The number of rotatable bonds is 5. The SMILES string of the molecule is Cc1[nH]nc(COc2ccccc2[N+](=O)[O-])c1C(=O)O. The van der Waals surface area contributed by atoms with Crippen LogP contribution in [0.4, 0.5) is 5.69 Å². The molecule has 8 nitrogen and oxygen atoms in total. The third-order valence-electron chi connectivity index (χ3n) is 2.66. The van der Waals surface area contributed by atoms with Crippen molar-refractivity contribution in [3.05, 3.63) is 51.3 Å². The molecule has 8 heteroatoms. The molecule has 1 heterocycles. The Morgan fingerprint density at radius 1 is 1.50 bits per heavy atom. The van der Waals surface area contributed by atoms with E-state index in [2.05, 4.69) is 10.2 Å². The topological polar surface area (TPSA) is 118 Å². The summed E-state index contributed by atoms with van der Waals surface area (Å²) in [5.41, 5.74) is 0.423. The van der Waals surface area contributed by atoms with Gasteiger partial charge in [0.2, 0.25) is 0 Å². The molecular formula is C12H11N3O5. The number of benzene rings is 1. The number of nitro groups is 1. The number of hydrogen-bond acceptors (Lipinski definition) is 5. The third kappa shape index (κ3) is 2.58. The van der Waals surface area contributed by atoms with Crippen LogP contribution in [0.3, 0.4) is 0 Å². The third-order valence-corrected chi connectivity index (χ3v) is 2.66. The number of nitrogens with zero attached hydrogens (tertiary/aromatic N) is 2. The van der Waals surface area contributed by atoms with Gasteiger partial charge in [-0.25, -0.2) is 4.79 Å². The van der Waals surface area contributed by atoms with Gasteiger partial charge >= 0.3 is 11.7 Å². The number of nitrogens with one attached hydrogen (secondary N) is 1. The molecule has 0 radical (unpaired) electrons. The van der Waals surface area contributed by atoms with Gasteiger partial charge in [0.05, 0.1) is 4.92 Å². The second-order valence-corrected chi connectivity index (χ2v) is 3.99. The smallest absolute Gasteiger partial charge is 0.339 e. The van der Waals surface area contributed by atoms with Crippen molar-refractivity contribution in [2.45, 2.75) is 13.5 Å². The summed E-state index contributed by atoms with van der Waals surface area (Å²) in [6.45, 7) is 1.40. The number of aromatic carboxylic acids is 1. The van der Waals surface area contributed by atoms with Gasteiger partial charge in [0.1, 0.15) is 17.9 Å². The van der Waals surface area contributed by atoms with Crippen molar-refractivity contribution in [2.24, 2.45) is 0 Å². The Morgan fingerprint density at radius 3 is 2.85 bits per heavy atom. The highest BCUT2D eigenvalue weighted by Gasteiger charge is 2.19. The summed E-state index contributed by atoms with van der Waals surface area (Å²) in [5, 5.41) is 26.2. The van der Waals surface area contributed by atoms with E-state index in [9.17, 15) is 14.9 Å². The van der Waals surface area contributed by atoms with E-state index in [1.807, 2.05) is 0 Å². The van der Waals surface area contributed by atoms with Crippen molar-refractivity contribution in [3.8, 4) is 5.75 Å². The highest BCUT2D eigenvalue weighted by Crippen LogP contribution is 2.26. The Bertz CT molecular complexity index is 665. The molecule has 0 fully saturated rings. The fraction of sp³-hybridized carbons (Fsp3) is 0.167. The largest absolute Gasteiger partial charge is 0.480 e. The first-order valence-corrected chi connectivity index (χ1v) is 5.64. The molecule has 0 atom stereocenters. The predicted octanol–water partition coefficient (Wildman–Crippen LogP) is 1.90. The van der Waals surface area contributed by atoms with Crippen LogP contribution in [0.2, 0.25) is 0 Å². The summed E-state index contributed by atoms with van der Waals surface area (Å²) in [5.74, 6) is -1.06. The number of ether oxygens (including phenoxy) is 1. The molecule has 2 N–H and O–H groups in total. The van der Waals surface area contributed by atoms with E-state index in [1.54, 1.807) is 13.0 Å². The van der Waals surface area contributed by atoms with Gasteiger partial charge < -0.3 is 9.84 Å². The molecule has 0 unspecified atom stereocenters. The number of aromatic amines is 1. The van der Waals surface area contributed by atoms with Crippen LogP contribution in [0.15, 0.2) is 24.3 Å². The normalized spacial score (nSPS) is 10.2. The number of nitro benzene ring substituents is 1. The first kappa shape index (κ1) is 13.5. The van der Waals surface area contributed by atoms with Crippen LogP contribution in [0.25, 0.3) is 0 Å². The maximum absolute atomic E-state index is 11.1. The number of aryl methyl sites for hydroxylation is 1. The van der Waals surface area contributed by atoms with Crippen molar-refractivity contribution >= 4 is 11.7 Å². The molecule has 0 amide bonds. The number of carboxylic acids is 1. The zero-order valence-corrected chi connectivity index (χ0v) is 10.5. The maximum atomic E-state index is 11.1. The molecule has 104 valence electrons. The Kier molecular flexibility index (Phi) is 3.65. The first-order chi connectivity index (χ1) is 9.50. The highest BCUT2D eigenvalue weighted by atomic mass is 16.6. The van der Waals surface area contributed by atoms with E-state index in [0.717, 1.165) is 0 Å². The lowest BCUT2D eigenvalue weighted by molar-refractivity contribution is -0.385. The van der Waals surface area contributed by atoms with Gasteiger partial charge in [-0.1, -0.05) is 12.1 Å². The molecule has 0 spiro atoms. The minimum absolute atomic E-state index is 0.0172. The Labute approximate surface area is 113 Å². The van der Waals surface area contributed by atoms with Gasteiger partial charge in [-0.15, -0.1) is 0 Å². The Hall–Kier alpha value is -2.90. The monoisotopic (exact) mass is 277 g/mol. The molecule has 0 bridgehead atoms. The molecule has 0 saturated carbocycles. The molecule has 0 aliphatic heterocycles. The van der Waals surface area contributed by atoms with Crippen LogP contribution in [0.5, 0.6) is 5.75 Å². The van der Waals surface area contributed by atoms with Crippen LogP contribution in [0, 0.1) is 17.0 Å². The molecule has 0 aliphatic carbocycles. The summed E-state index contributed by atoms with van der Waals surface area (Å²) in [6, 6.07) is 5.87. The molecular weight excluding hydrogens is 266 g/mol. The number of H-pyrrole nitrogens is 1. The summed E-state index contributed by atoms with van der Waals surface area (Å²) in [6.07, 6.45) is 0. The van der Waals surface area contributed by atoms with Crippen molar-refractivity contribution in [3.63, 3.8) is 0 Å². The van der Waals surface area contributed by atoms with Crippen molar-refractivity contribution < 1.29 is 19.6 Å². The number of hydrogen-bond donors (Lipinski definition) is 2. The van der Waals surface area contributed by atoms with Crippen molar-refractivity contribution in [1.29, 1.82) is 0 Å². The van der Waals surface area contributed by atoms with Crippen LogP contribution < -0.4 is 4.74 Å². The van der Waals surface area contributed by atoms with E-state index in [1.165, 1.54) is 18.2 Å². The zero-order chi connectivity index (χ0) is 14.7. The van der Waals surface area contributed by atoms with E-state index < -0.39 is 10.9 Å². The van der Waals surface area contributed by atoms with Gasteiger partial charge in [0.25, 0.3) is 0 Å². The quantitative estimate of drug-likeness (QED) is 0.636. The van der Waals surface area contributed by atoms with Gasteiger partial charge in [-0.05, 0) is 13.0 Å². The Balaban J connectivity index is 2.22. The van der Waals surface area contributed by atoms with Crippen molar-refractivity contribution in [1.82, 2.24) is 10.2 Å². The summed E-state index contributed by atoms with van der Waals surface area (Å²) < 4.78 is 5.30. The Morgan fingerprint density at radius 2 is 2.20 bits per heavy atom. The highest BCUT2D eigenvalue weighted by molar-refractivity contribution is 5.90. The first-order valence-electron chi connectivity index (χ1n) is 5.64. The molecule has 0 saturated heterocycles. The summed E-state index contributed by atoms with van der Waals surface area (Å²) in [7, 11) is 0. The van der Waals surface area contributed by atoms with Gasteiger partial charge in [0.15, 0.2) is 5.75 Å². The van der Waals surface area contributed by atoms with Gasteiger partial charge in [-0.3, -0.25) is 15.2 Å². The fourth-order valence-electron chi connectivity index (χ4n) is 1.74. The fourth-order valence-corrected chi connectivity index (χ4v) is 1.74. The zero-order valence-electron chi connectivity index (χ0n) is 10.5. The second-order valence-electron chi connectivity index (χ2n) is 3.99. The summed E-state index contributed by atoms with van der Waals surface area (Å²) in [4.78, 5) is 21.3. The van der Waals surface area contributed by atoms with Gasteiger partial charge in [-0.2, -0.15) is 5.10 Å². The second kappa shape index (κ2) is 5.39. The lowest BCUT2D eigenvalue weighted by atomic mass is 10.2. The van der Waals surface area contributed by atoms with Crippen LogP contribution in [-0.4, -0.2) is 26.2 Å². The van der Waals surface area contributed by atoms with E-state index in [-0.39, 0.29) is 29.3 Å². The van der Waals surface area contributed by atoms with Crippen LogP contribution >= 0.6 is 0 Å². The standard InChI is InChI=1S/C12H11N3O5/c1-7-11(12(16)17)8(14-13-7)6-20-10-5-3-2-4-9(10)15(18)19/h2-5H,6H2,1H3,(H,13,14)(H,16,17). The number of para-hydroxylation sites is 2. The average Bonchev–Trinajstić information content (AvgIpc) is 2.77. The lowest BCUT2D eigenvalue weighted by Crippen LogP contribution is -2.06. The van der Waals surface area contributed by atoms with Gasteiger partial charge in [0, 0.05) is 11.8 Å². The van der Waals surface area contributed by atoms with E-state index in [0.29, 0.717) is 5.69 Å². The lowest BCUT2D eigenvalue weighted by Gasteiger charge is -2.05. The average molecular weight is 277 g/mol.